The van der Waals surface area contributed by atoms with Crippen LogP contribution in [0.15, 0.2) is 60.7 Å². The first-order valence-electron chi connectivity index (χ1n) is 9.32. The van der Waals surface area contributed by atoms with Gasteiger partial charge in [0.1, 0.15) is 17.5 Å². The minimum absolute atomic E-state index is 0.309. The van der Waals surface area contributed by atoms with Gasteiger partial charge in [0.15, 0.2) is 0 Å². The van der Waals surface area contributed by atoms with Gasteiger partial charge in [-0.2, -0.15) is 0 Å². The first kappa shape index (κ1) is 22.1. The number of benzene rings is 2. The monoisotopic (exact) mass is 399 g/mol. The average Bonchev–Trinajstić information content (AvgIpc) is 2.64. The van der Waals surface area contributed by atoms with Gasteiger partial charge in [0.2, 0.25) is 0 Å². The lowest BCUT2D eigenvalue weighted by Crippen LogP contribution is -2.46. The summed E-state index contributed by atoms with van der Waals surface area (Å²) in [6.07, 6.45) is 2.68. The van der Waals surface area contributed by atoms with Crippen LogP contribution in [-0.4, -0.2) is 28.8 Å². The standard InChI is InChI=1S/C23H26FNO4/c1-5-6-19(20(21(26)27)25-22(28)29-23(2,3)4)17-9-7-15(8-10-17)16-11-13-18(24)14-12-16/h5-14,19-20H,1-4H3,(H,25,28)(H,26,27)/t19-,20-/m0/s1. The highest BCUT2D eigenvalue weighted by Gasteiger charge is 2.31. The number of hydrogen-bond acceptors (Lipinski definition) is 3. The molecule has 2 atom stereocenters. The summed E-state index contributed by atoms with van der Waals surface area (Å²) >= 11 is 0. The van der Waals surface area contributed by atoms with Crippen LogP contribution in [0.1, 0.15) is 39.2 Å². The van der Waals surface area contributed by atoms with E-state index in [0.29, 0.717) is 0 Å². The van der Waals surface area contributed by atoms with Crippen LogP contribution in [0.4, 0.5) is 9.18 Å². The van der Waals surface area contributed by atoms with Crippen LogP contribution in [0, 0.1) is 5.82 Å². The predicted octanol–water partition coefficient (Wildman–Crippen LogP) is 5.13. The van der Waals surface area contributed by atoms with Crippen LogP contribution >= 0.6 is 0 Å². The Kier molecular flexibility index (Phi) is 7.15. The Labute approximate surface area is 170 Å². The fourth-order valence-corrected chi connectivity index (χ4v) is 2.90. The lowest BCUT2D eigenvalue weighted by atomic mass is 9.89. The van der Waals surface area contributed by atoms with Gasteiger partial charge in [-0.25, -0.2) is 14.0 Å². The van der Waals surface area contributed by atoms with Crippen LogP contribution in [-0.2, 0) is 9.53 Å². The van der Waals surface area contributed by atoms with E-state index >= 15 is 0 Å². The third-order valence-corrected chi connectivity index (χ3v) is 4.17. The topological polar surface area (TPSA) is 75.6 Å². The number of allylic oxidation sites excluding steroid dienone is 1. The zero-order valence-electron chi connectivity index (χ0n) is 17.0. The second-order valence-electron chi connectivity index (χ2n) is 7.64. The summed E-state index contributed by atoms with van der Waals surface area (Å²) in [4.78, 5) is 24.0. The molecule has 0 radical (unpaired) electrons. The largest absolute Gasteiger partial charge is 0.480 e. The van der Waals surface area contributed by atoms with Gasteiger partial charge in [0.05, 0.1) is 0 Å². The van der Waals surface area contributed by atoms with Crippen LogP contribution < -0.4 is 5.32 Å². The molecule has 1 amide bonds. The van der Waals surface area contributed by atoms with Gasteiger partial charge in [-0.3, -0.25) is 0 Å². The molecule has 0 aliphatic heterocycles. The van der Waals surface area contributed by atoms with Crippen molar-refractivity contribution >= 4 is 12.1 Å². The SMILES string of the molecule is CC=C[C@@H](c1ccc(-c2ccc(F)cc2)cc1)[C@H](NC(=O)OC(C)(C)C)C(=O)O. The lowest BCUT2D eigenvalue weighted by Gasteiger charge is -2.25. The maximum atomic E-state index is 13.1. The molecule has 29 heavy (non-hydrogen) atoms. The Morgan fingerprint density at radius 3 is 2.00 bits per heavy atom. The molecule has 6 heteroatoms. The van der Waals surface area contributed by atoms with Crippen molar-refractivity contribution in [2.45, 2.75) is 45.3 Å². The summed E-state index contributed by atoms with van der Waals surface area (Å²) in [6.45, 7) is 6.91. The molecule has 0 bridgehead atoms. The number of rotatable bonds is 6. The maximum absolute atomic E-state index is 13.1. The Morgan fingerprint density at radius 2 is 1.55 bits per heavy atom. The number of aliphatic carboxylic acids is 1. The number of carbonyl (C=O) groups is 2. The summed E-state index contributed by atoms with van der Waals surface area (Å²) in [5.74, 6) is -2.06. The summed E-state index contributed by atoms with van der Waals surface area (Å²) in [5.41, 5.74) is 1.71. The van der Waals surface area contributed by atoms with Crippen molar-refractivity contribution in [1.29, 1.82) is 0 Å². The van der Waals surface area contributed by atoms with E-state index < -0.39 is 29.6 Å². The van der Waals surface area contributed by atoms with Gasteiger partial charge in [-0.15, -0.1) is 0 Å². The van der Waals surface area contributed by atoms with Gasteiger partial charge >= 0.3 is 12.1 Å². The van der Waals surface area contributed by atoms with E-state index in [0.717, 1.165) is 16.7 Å². The molecule has 0 aromatic heterocycles. The third kappa shape index (κ3) is 6.45. The quantitative estimate of drug-likeness (QED) is 0.660. The van der Waals surface area contributed by atoms with E-state index in [4.69, 9.17) is 4.74 Å². The number of alkyl carbamates (subject to hydrolysis) is 1. The molecule has 0 heterocycles. The van der Waals surface area contributed by atoms with Crippen molar-refractivity contribution < 1.29 is 23.8 Å². The van der Waals surface area contributed by atoms with Gasteiger partial charge in [0, 0.05) is 5.92 Å². The molecule has 0 saturated carbocycles. The molecule has 0 spiro atoms. The Morgan fingerprint density at radius 1 is 1.03 bits per heavy atom. The maximum Gasteiger partial charge on any atom is 0.408 e. The normalized spacial score (nSPS) is 13.7. The summed E-state index contributed by atoms with van der Waals surface area (Å²) in [7, 11) is 0. The van der Waals surface area contributed by atoms with Crippen LogP contribution in [0.3, 0.4) is 0 Å². The first-order chi connectivity index (χ1) is 13.6. The number of halogens is 1. The van der Waals surface area contributed by atoms with Crippen LogP contribution in [0.2, 0.25) is 0 Å². The highest BCUT2D eigenvalue weighted by Crippen LogP contribution is 2.26. The zero-order valence-corrected chi connectivity index (χ0v) is 17.0. The van der Waals surface area contributed by atoms with Crippen molar-refractivity contribution in [3.63, 3.8) is 0 Å². The molecule has 154 valence electrons. The number of carboxylic acids is 1. The zero-order chi connectivity index (χ0) is 21.6. The number of hydrogen-bond donors (Lipinski definition) is 2. The fraction of sp³-hybridized carbons (Fsp3) is 0.304. The molecule has 0 aliphatic carbocycles. The van der Waals surface area contributed by atoms with Gasteiger partial charge in [0.25, 0.3) is 0 Å². The van der Waals surface area contributed by atoms with Gasteiger partial charge in [-0.1, -0.05) is 48.6 Å². The van der Waals surface area contributed by atoms with E-state index in [1.165, 1.54) is 12.1 Å². The minimum Gasteiger partial charge on any atom is -0.480 e. The number of amides is 1. The third-order valence-electron chi connectivity index (χ3n) is 4.17. The highest BCUT2D eigenvalue weighted by atomic mass is 19.1. The fourth-order valence-electron chi connectivity index (χ4n) is 2.90. The van der Waals surface area contributed by atoms with E-state index in [1.807, 2.05) is 12.1 Å². The van der Waals surface area contributed by atoms with E-state index in [-0.39, 0.29) is 5.82 Å². The second kappa shape index (κ2) is 9.37. The average molecular weight is 399 g/mol. The van der Waals surface area contributed by atoms with E-state index in [2.05, 4.69) is 5.32 Å². The molecule has 0 fully saturated rings. The lowest BCUT2D eigenvalue weighted by molar-refractivity contribution is -0.139. The Balaban J connectivity index is 2.28. The van der Waals surface area contributed by atoms with Crippen LogP contribution in [0.5, 0.6) is 0 Å². The molecule has 0 saturated heterocycles. The molecule has 2 N–H and O–H groups in total. The molecule has 2 aromatic carbocycles. The van der Waals surface area contributed by atoms with Crippen LogP contribution in [0.25, 0.3) is 11.1 Å². The first-order valence-corrected chi connectivity index (χ1v) is 9.32. The number of ether oxygens (including phenoxy) is 1. The smallest absolute Gasteiger partial charge is 0.408 e. The van der Waals surface area contributed by atoms with E-state index in [9.17, 15) is 19.1 Å². The molecule has 0 aliphatic rings. The van der Waals surface area contributed by atoms with Crippen molar-refractivity contribution in [1.82, 2.24) is 5.32 Å². The Bertz CT molecular complexity index is 867. The predicted molar refractivity (Wildman–Crippen MR) is 110 cm³/mol. The summed E-state index contributed by atoms with van der Waals surface area (Å²) in [6, 6.07) is 12.2. The van der Waals surface area contributed by atoms with Crippen molar-refractivity contribution in [2.75, 3.05) is 0 Å². The molecular weight excluding hydrogens is 373 g/mol. The number of carboxylic acid groups (broad SMARTS) is 1. The van der Waals surface area contributed by atoms with E-state index in [1.54, 1.807) is 64.1 Å². The molecular formula is C23H26FNO4. The summed E-state index contributed by atoms with van der Waals surface area (Å²) in [5, 5.41) is 12.2. The van der Waals surface area contributed by atoms with Gasteiger partial charge in [-0.05, 0) is 56.5 Å². The molecule has 0 unspecified atom stereocenters. The van der Waals surface area contributed by atoms with Crippen molar-refractivity contribution in [2.24, 2.45) is 0 Å². The minimum atomic E-state index is -1.20. The number of carbonyl (C=O) groups excluding carboxylic acids is 1. The second-order valence-corrected chi connectivity index (χ2v) is 7.64. The molecule has 2 aromatic rings. The molecule has 2 rings (SSSR count). The molecule has 5 nitrogen and oxygen atoms in total. The van der Waals surface area contributed by atoms with Crippen molar-refractivity contribution in [3.05, 3.63) is 72.1 Å². The highest BCUT2D eigenvalue weighted by molar-refractivity contribution is 5.81. The number of nitrogens with one attached hydrogen (secondary N) is 1. The summed E-state index contributed by atoms with van der Waals surface area (Å²) < 4.78 is 18.3. The van der Waals surface area contributed by atoms with Crippen molar-refractivity contribution in [3.8, 4) is 11.1 Å². The van der Waals surface area contributed by atoms with Gasteiger partial charge < -0.3 is 15.2 Å². The Hall–Kier alpha value is -3.15.